The van der Waals surface area contributed by atoms with Crippen LogP contribution in [-0.4, -0.2) is 17.6 Å². The highest BCUT2D eigenvalue weighted by atomic mass is 32.2. The first-order valence-corrected chi connectivity index (χ1v) is 6.78. The zero-order valence-electron chi connectivity index (χ0n) is 9.65. The molecule has 4 heteroatoms. The highest BCUT2D eigenvalue weighted by molar-refractivity contribution is 7.99. The maximum absolute atomic E-state index is 11.6. The fourth-order valence-corrected chi connectivity index (χ4v) is 2.22. The van der Waals surface area contributed by atoms with Crippen molar-refractivity contribution < 1.29 is 9.21 Å². The number of rotatable bonds is 8. The Morgan fingerprint density at radius 3 is 3.06 bits per heavy atom. The van der Waals surface area contributed by atoms with Gasteiger partial charge >= 0.3 is 0 Å². The molecular formula is C12H19NO2S. The molecule has 2 N–H and O–H groups in total. The SMILES string of the molecule is CCCC[C@H](N)C(=O)CSCc1ccco1. The van der Waals surface area contributed by atoms with Crippen LogP contribution < -0.4 is 5.73 Å². The topological polar surface area (TPSA) is 56.2 Å². The van der Waals surface area contributed by atoms with Gasteiger partial charge in [0.15, 0.2) is 5.78 Å². The molecule has 0 radical (unpaired) electrons. The molecule has 1 atom stereocenters. The molecule has 0 fully saturated rings. The summed E-state index contributed by atoms with van der Waals surface area (Å²) in [5, 5.41) is 0. The third kappa shape index (κ3) is 4.86. The van der Waals surface area contributed by atoms with Gasteiger partial charge in [-0.15, -0.1) is 11.8 Å². The average Bonchev–Trinajstić information content (AvgIpc) is 2.78. The predicted molar refractivity (Wildman–Crippen MR) is 67.4 cm³/mol. The summed E-state index contributed by atoms with van der Waals surface area (Å²) in [5.41, 5.74) is 5.78. The van der Waals surface area contributed by atoms with E-state index in [0.29, 0.717) is 5.75 Å². The van der Waals surface area contributed by atoms with Gasteiger partial charge in [-0.05, 0) is 18.6 Å². The van der Waals surface area contributed by atoms with Crippen molar-refractivity contribution in [2.75, 3.05) is 5.75 Å². The van der Waals surface area contributed by atoms with Gasteiger partial charge in [-0.2, -0.15) is 0 Å². The number of furan rings is 1. The molecule has 90 valence electrons. The predicted octanol–water partition coefficient (Wildman–Crippen LogP) is 2.60. The summed E-state index contributed by atoms with van der Waals surface area (Å²) in [6, 6.07) is 3.48. The molecule has 1 aromatic rings. The Hall–Kier alpha value is -0.740. The first kappa shape index (κ1) is 13.3. The molecule has 0 bridgehead atoms. The Balaban J connectivity index is 2.14. The molecule has 0 saturated heterocycles. The maximum Gasteiger partial charge on any atom is 0.159 e. The molecule has 0 aliphatic carbocycles. The van der Waals surface area contributed by atoms with Crippen LogP contribution in [0.5, 0.6) is 0 Å². The molecule has 1 aromatic heterocycles. The van der Waals surface area contributed by atoms with E-state index in [1.807, 2.05) is 12.1 Å². The van der Waals surface area contributed by atoms with Gasteiger partial charge in [0, 0.05) is 0 Å². The smallest absolute Gasteiger partial charge is 0.159 e. The quantitative estimate of drug-likeness (QED) is 0.760. The highest BCUT2D eigenvalue weighted by Gasteiger charge is 2.12. The Labute approximate surface area is 101 Å². The molecule has 3 nitrogen and oxygen atoms in total. The summed E-state index contributed by atoms with van der Waals surface area (Å²) in [6.45, 7) is 2.10. The van der Waals surface area contributed by atoms with Crippen molar-refractivity contribution in [1.82, 2.24) is 0 Å². The molecule has 1 heterocycles. The zero-order valence-corrected chi connectivity index (χ0v) is 10.5. The minimum absolute atomic E-state index is 0.144. The fraction of sp³-hybridized carbons (Fsp3) is 0.583. The summed E-state index contributed by atoms with van der Waals surface area (Å²) in [6.07, 6.45) is 4.55. The molecule has 0 aliphatic rings. The third-order valence-corrected chi connectivity index (χ3v) is 3.33. The lowest BCUT2D eigenvalue weighted by Gasteiger charge is -2.08. The van der Waals surface area contributed by atoms with E-state index >= 15 is 0 Å². The third-order valence-electron chi connectivity index (χ3n) is 2.35. The number of thioether (sulfide) groups is 1. The van der Waals surface area contributed by atoms with Crippen molar-refractivity contribution in [3.8, 4) is 0 Å². The number of Topliss-reactive ketones (excluding diaryl/α,β-unsaturated/α-hetero) is 1. The average molecular weight is 241 g/mol. The second-order valence-corrected chi connectivity index (χ2v) is 4.77. The maximum atomic E-state index is 11.6. The van der Waals surface area contributed by atoms with Crippen LogP contribution in [-0.2, 0) is 10.5 Å². The molecule has 0 unspecified atom stereocenters. The van der Waals surface area contributed by atoms with Crippen LogP contribution in [0.15, 0.2) is 22.8 Å². The fourth-order valence-electron chi connectivity index (χ4n) is 1.34. The van der Waals surface area contributed by atoms with Crippen molar-refractivity contribution in [2.45, 2.75) is 38.0 Å². The number of ketones is 1. The standard InChI is InChI=1S/C12H19NO2S/c1-2-3-6-11(13)12(14)9-16-8-10-5-4-7-15-10/h4-5,7,11H,2-3,6,8-9,13H2,1H3/t11-/m0/s1. The number of carbonyl (C=O) groups excluding carboxylic acids is 1. The van der Waals surface area contributed by atoms with E-state index < -0.39 is 0 Å². The molecule has 0 aromatic carbocycles. The van der Waals surface area contributed by atoms with Crippen molar-refractivity contribution in [3.63, 3.8) is 0 Å². The second-order valence-electron chi connectivity index (χ2n) is 3.79. The monoisotopic (exact) mass is 241 g/mol. The van der Waals surface area contributed by atoms with Gasteiger partial charge in [-0.1, -0.05) is 19.8 Å². The van der Waals surface area contributed by atoms with E-state index in [2.05, 4.69) is 6.92 Å². The molecule has 1 rings (SSSR count). The van der Waals surface area contributed by atoms with Crippen molar-refractivity contribution in [3.05, 3.63) is 24.2 Å². The van der Waals surface area contributed by atoms with Crippen LogP contribution in [0.3, 0.4) is 0 Å². The Bertz CT molecular complexity index is 298. The molecule has 0 aliphatic heterocycles. The molecular weight excluding hydrogens is 222 g/mol. The lowest BCUT2D eigenvalue weighted by Crippen LogP contribution is -2.31. The van der Waals surface area contributed by atoms with E-state index in [4.69, 9.17) is 10.2 Å². The summed E-state index contributed by atoms with van der Waals surface area (Å²) >= 11 is 1.56. The largest absolute Gasteiger partial charge is 0.468 e. The Morgan fingerprint density at radius 1 is 1.62 bits per heavy atom. The number of carbonyl (C=O) groups is 1. The molecule has 0 spiro atoms. The van der Waals surface area contributed by atoms with E-state index in [0.717, 1.165) is 30.8 Å². The van der Waals surface area contributed by atoms with Crippen LogP contribution in [0.1, 0.15) is 31.9 Å². The first-order valence-electron chi connectivity index (χ1n) is 5.62. The van der Waals surface area contributed by atoms with Gasteiger partial charge in [-0.3, -0.25) is 4.79 Å². The minimum atomic E-state index is -0.288. The number of hydrogen-bond donors (Lipinski definition) is 1. The minimum Gasteiger partial charge on any atom is -0.468 e. The van der Waals surface area contributed by atoms with Crippen LogP contribution >= 0.6 is 11.8 Å². The van der Waals surface area contributed by atoms with Gasteiger partial charge in [0.1, 0.15) is 5.76 Å². The lowest BCUT2D eigenvalue weighted by atomic mass is 10.1. The van der Waals surface area contributed by atoms with Crippen LogP contribution in [0.4, 0.5) is 0 Å². The van der Waals surface area contributed by atoms with Crippen LogP contribution in [0.25, 0.3) is 0 Å². The highest BCUT2D eigenvalue weighted by Crippen LogP contribution is 2.13. The molecule has 0 saturated carbocycles. The summed E-state index contributed by atoms with van der Waals surface area (Å²) in [7, 11) is 0. The summed E-state index contributed by atoms with van der Waals surface area (Å²) < 4.78 is 5.18. The van der Waals surface area contributed by atoms with E-state index in [1.54, 1.807) is 18.0 Å². The van der Waals surface area contributed by atoms with Crippen LogP contribution in [0.2, 0.25) is 0 Å². The number of nitrogens with two attached hydrogens (primary N) is 1. The first-order chi connectivity index (χ1) is 7.74. The summed E-state index contributed by atoms with van der Waals surface area (Å²) in [4.78, 5) is 11.6. The normalized spacial score (nSPS) is 12.6. The van der Waals surface area contributed by atoms with Gasteiger partial charge in [0.25, 0.3) is 0 Å². The number of hydrogen-bond acceptors (Lipinski definition) is 4. The summed E-state index contributed by atoms with van der Waals surface area (Å²) in [5.74, 6) is 2.26. The Kier molecular flexibility index (Phi) is 6.26. The second kappa shape index (κ2) is 7.52. The van der Waals surface area contributed by atoms with E-state index in [-0.39, 0.29) is 11.8 Å². The van der Waals surface area contributed by atoms with E-state index in [1.165, 1.54) is 0 Å². The van der Waals surface area contributed by atoms with Crippen LogP contribution in [0, 0.1) is 0 Å². The lowest BCUT2D eigenvalue weighted by molar-refractivity contribution is -0.117. The Morgan fingerprint density at radius 2 is 2.44 bits per heavy atom. The zero-order chi connectivity index (χ0) is 11.8. The van der Waals surface area contributed by atoms with E-state index in [9.17, 15) is 4.79 Å². The van der Waals surface area contributed by atoms with Gasteiger partial charge in [0.2, 0.25) is 0 Å². The van der Waals surface area contributed by atoms with Gasteiger partial charge in [0.05, 0.1) is 23.8 Å². The van der Waals surface area contributed by atoms with Crippen molar-refractivity contribution in [1.29, 1.82) is 0 Å². The molecule has 16 heavy (non-hydrogen) atoms. The van der Waals surface area contributed by atoms with Crippen molar-refractivity contribution in [2.24, 2.45) is 5.73 Å². The van der Waals surface area contributed by atoms with Gasteiger partial charge < -0.3 is 10.2 Å². The number of unbranched alkanes of at least 4 members (excludes halogenated alkanes) is 1. The molecule has 0 amide bonds. The van der Waals surface area contributed by atoms with Crippen molar-refractivity contribution >= 4 is 17.5 Å². The van der Waals surface area contributed by atoms with Gasteiger partial charge in [-0.25, -0.2) is 0 Å².